The summed E-state index contributed by atoms with van der Waals surface area (Å²) in [6.45, 7) is 2.36. The molecule has 2 N–H and O–H groups in total. The predicted octanol–water partition coefficient (Wildman–Crippen LogP) is 2.68. The van der Waals surface area contributed by atoms with E-state index >= 15 is 0 Å². The molecule has 1 aromatic rings. The quantitative estimate of drug-likeness (QED) is 0.724. The molecule has 0 bridgehead atoms. The Morgan fingerprint density at radius 3 is 2.78 bits per heavy atom. The summed E-state index contributed by atoms with van der Waals surface area (Å²) < 4.78 is 0. The van der Waals surface area contributed by atoms with E-state index in [0.29, 0.717) is 12.1 Å². The number of nitrogens with zero attached hydrogens (tertiary/aromatic N) is 2. The van der Waals surface area contributed by atoms with Crippen LogP contribution >= 0.6 is 0 Å². The number of pyridine rings is 1. The SMILES string of the molecule is CN(C)CCNC(=O)c1ccc(NCCC2=CCCCC2)nc1. The fourth-order valence-corrected chi connectivity index (χ4v) is 2.61. The van der Waals surface area contributed by atoms with Crippen LogP contribution in [0.5, 0.6) is 0 Å². The number of hydrogen-bond acceptors (Lipinski definition) is 4. The van der Waals surface area contributed by atoms with Crippen molar-refractivity contribution in [2.45, 2.75) is 32.1 Å². The maximum absolute atomic E-state index is 12.0. The van der Waals surface area contributed by atoms with Gasteiger partial charge < -0.3 is 15.5 Å². The smallest absolute Gasteiger partial charge is 0.252 e. The summed E-state index contributed by atoms with van der Waals surface area (Å²) in [6.07, 6.45) is 10.2. The molecule has 0 radical (unpaired) electrons. The van der Waals surface area contributed by atoms with E-state index < -0.39 is 0 Å². The minimum Gasteiger partial charge on any atom is -0.370 e. The molecule has 1 heterocycles. The van der Waals surface area contributed by atoms with Crippen molar-refractivity contribution in [1.82, 2.24) is 15.2 Å². The van der Waals surface area contributed by atoms with Crippen molar-refractivity contribution < 1.29 is 4.79 Å². The van der Waals surface area contributed by atoms with Gasteiger partial charge in [0, 0.05) is 25.8 Å². The van der Waals surface area contributed by atoms with E-state index in [1.807, 2.05) is 31.1 Å². The van der Waals surface area contributed by atoms with Gasteiger partial charge in [0.15, 0.2) is 0 Å². The normalized spacial score (nSPS) is 14.5. The van der Waals surface area contributed by atoms with Crippen LogP contribution in [0.4, 0.5) is 5.82 Å². The van der Waals surface area contributed by atoms with Gasteiger partial charge in [-0.1, -0.05) is 11.6 Å². The monoisotopic (exact) mass is 316 g/mol. The first-order valence-corrected chi connectivity index (χ1v) is 8.46. The molecule has 23 heavy (non-hydrogen) atoms. The Labute approximate surface area is 139 Å². The van der Waals surface area contributed by atoms with Crippen molar-refractivity contribution in [2.75, 3.05) is 39.0 Å². The molecule has 2 rings (SSSR count). The van der Waals surface area contributed by atoms with Crippen LogP contribution < -0.4 is 10.6 Å². The molecule has 1 aromatic heterocycles. The second kappa shape index (κ2) is 9.30. The Morgan fingerprint density at radius 1 is 1.26 bits per heavy atom. The average Bonchev–Trinajstić information content (AvgIpc) is 2.56. The highest BCUT2D eigenvalue weighted by molar-refractivity contribution is 5.94. The lowest BCUT2D eigenvalue weighted by Gasteiger charge is -2.13. The summed E-state index contributed by atoms with van der Waals surface area (Å²) in [4.78, 5) is 18.3. The number of nitrogens with one attached hydrogen (secondary N) is 2. The average molecular weight is 316 g/mol. The van der Waals surface area contributed by atoms with Gasteiger partial charge in [-0.05, 0) is 58.3 Å². The van der Waals surface area contributed by atoms with Gasteiger partial charge in [-0.15, -0.1) is 0 Å². The van der Waals surface area contributed by atoms with Crippen molar-refractivity contribution in [3.8, 4) is 0 Å². The third kappa shape index (κ3) is 6.40. The zero-order valence-electron chi connectivity index (χ0n) is 14.3. The second-order valence-corrected chi connectivity index (χ2v) is 6.28. The van der Waals surface area contributed by atoms with E-state index in [1.54, 1.807) is 11.8 Å². The van der Waals surface area contributed by atoms with Crippen molar-refractivity contribution in [1.29, 1.82) is 0 Å². The molecule has 5 nitrogen and oxygen atoms in total. The molecule has 0 spiro atoms. The second-order valence-electron chi connectivity index (χ2n) is 6.28. The molecule has 1 amide bonds. The zero-order valence-corrected chi connectivity index (χ0v) is 14.3. The Kier molecular flexibility index (Phi) is 7.07. The Morgan fingerprint density at radius 2 is 2.13 bits per heavy atom. The largest absolute Gasteiger partial charge is 0.370 e. The highest BCUT2D eigenvalue weighted by atomic mass is 16.1. The molecular weight excluding hydrogens is 288 g/mol. The van der Waals surface area contributed by atoms with Crippen LogP contribution in [0.15, 0.2) is 30.0 Å². The van der Waals surface area contributed by atoms with Crippen LogP contribution in [0, 0.1) is 0 Å². The van der Waals surface area contributed by atoms with Gasteiger partial charge >= 0.3 is 0 Å². The number of amides is 1. The third-order valence-corrected chi connectivity index (χ3v) is 4.01. The summed E-state index contributed by atoms with van der Waals surface area (Å²) in [6, 6.07) is 3.69. The summed E-state index contributed by atoms with van der Waals surface area (Å²) in [5.74, 6) is 0.754. The van der Waals surface area contributed by atoms with Gasteiger partial charge in [0.2, 0.25) is 0 Å². The predicted molar refractivity (Wildman–Crippen MR) is 94.8 cm³/mol. The van der Waals surface area contributed by atoms with Crippen LogP contribution in [0.1, 0.15) is 42.5 Å². The maximum Gasteiger partial charge on any atom is 0.252 e. The van der Waals surface area contributed by atoms with E-state index in [-0.39, 0.29) is 5.91 Å². The molecule has 5 heteroatoms. The van der Waals surface area contributed by atoms with E-state index in [1.165, 1.54) is 25.7 Å². The summed E-state index contributed by atoms with van der Waals surface area (Å²) in [5, 5.41) is 6.21. The number of allylic oxidation sites excluding steroid dienone is 1. The summed E-state index contributed by atoms with van der Waals surface area (Å²) in [5.41, 5.74) is 2.16. The van der Waals surface area contributed by atoms with Crippen LogP contribution in [0.2, 0.25) is 0 Å². The summed E-state index contributed by atoms with van der Waals surface area (Å²) in [7, 11) is 3.97. The van der Waals surface area contributed by atoms with Gasteiger partial charge in [-0.25, -0.2) is 4.98 Å². The van der Waals surface area contributed by atoms with Gasteiger partial charge in [0.25, 0.3) is 5.91 Å². The number of carbonyl (C=O) groups is 1. The fourth-order valence-electron chi connectivity index (χ4n) is 2.61. The number of carbonyl (C=O) groups excluding carboxylic acids is 1. The first-order valence-electron chi connectivity index (χ1n) is 8.46. The summed E-state index contributed by atoms with van der Waals surface area (Å²) >= 11 is 0. The highest BCUT2D eigenvalue weighted by Crippen LogP contribution is 2.19. The zero-order chi connectivity index (χ0) is 16.5. The Hall–Kier alpha value is -1.88. The maximum atomic E-state index is 12.0. The Bertz CT molecular complexity index is 522. The van der Waals surface area contributed by atoms with Crippen molar-refractivity contribution in [2.24, 2.45) is 0 Å². The first-order chi connectivity index (χ1) is 11.1. The number of anilines is 1. The molecule has 0 saturated carbocycles. The lowest BCUT2D eigenvalue weighted by molar-refractivity contribution is 0.0950. The van der Waals surface area contributed by atoms with E-state index in [0.717, 1.165) is 25.3 Å². The standard InChI is InChI=1S/C18H28N4O/c1-22(2)13-12-20-18(23)16-8-9-17(21-14-16)19-11-10-15-6-4-3-5-7-15/h6,8-9,14H,3-5,7,10-13H2,1-2H3,(H,19,21)(H,20,23). The lowest BCUT2D eigenvalue weighted by atomic mass is 9.97. The molecular formula is C18H28N4O. The van der Waals surface area contributed by atoms with Crippen LogP contribution in [-0.2, 0) is 0 Å². The molecule has 0 fully saturated rings. The van der Waals surface area contributed by atoms with Gasteiger partial charge in [0.05, 0.1) is 5.56 Å². The third-order valence-electron chi connectivity index (χ3n) is 4.01. The van der Waals surface area contributed by atoms with Crippen molar-refractivity contribution in [3.05, 3.63) is 35.5 Å². The number of rotatable bonds is 8. The molecule has 0 unspecified atom stereocenters. The number of aromatic nitrogens is 1. The molecule has 0 aromatic carbocycles. The number of likely N-dealkylation sites (N-methyl/N-ethyl adjacent to an activating group) is 1. The molecule has 0 saturated heterocycles. The topological polar surface area (TPSA) is 57.3 Å². The highest BCUT2D eigenvalue weighted by Gasteiger charge is 2.06. The number of hydrogen-bond donors (Lipinski definition) is 2. The Balaban J connectivity index is 1.73. The molecule has 126 valence electrons. The van der Waals surface area contributed by atoms with Gasteiger partial charge in [0.1, 0.15) is 5.82 Å². The molecule has 0 atom stereocenters. The molecule has 0 aliphatic heterocycles. The van der Waals surface area contributed by atoms with E-state index in [2.05, 4.69) is 21.7 Å². The van der Waals surface area contributed by atoms with Crippen molar-refractivity contribution >= 4 is 11.7 Å². The van der Waals surface area contributed by atoms with Crippen LogP contribution in [0.25, 0.3) is 0 Å². The fraction of sp³-hybridized carbons (Fsp3) is 0.556. The van der Waals surface area contributed by atoms with E-state index in [9.17, 15) is 4.79 Å². The minimum absolute atomic E-state index is 0.0711. The van der Waals surface area contributed by atoms with Gasteiger partial charge in [-0.3, -0.25) is 4.79 Å². The minimum atomic E-state index is -0.0711. The molecule has 1 aliphatic rings. The molecule has 1 aliphatic carbocycles. The van der Waals surface area contributed by atoms with Crippen LogP contribution in [-0.4, -0.2) is 49.5 Å². The first kappa shape index (κ1) is 17.5. The van der Waals surface area contributed by atoms with E-state index in [4.69, 9.17) is 0 Å². The lowest BCUT2D eigenvalue weighted by Crippen LogP contribution is -2.31. The van der Waals surface area contributed by atoms with Gasteiger partial charge in [-0.2, -0.15) is 0 Å². The van der Waals surface area contributed by atoms with Crippen LogP contribution in [0.3, 0.4) is 0 Å². The van der Waals surface area contributed by atoms with Crippen molar-refractivity contribution in [3.63, 3.8) is 0 Å².